The molecule has 0 aliphatic heterocycles. The molecule has 0 aliphatic carbocycles. The number of amides is 1. The molecule has 0 spiro atoms. The summed E-state index contributed by atoms with van der Waals surface area (Å²) in [5.41, 5.74) is 9.13. The van der Waals surface area contributed by atoms with Gasteiger partial charge in [-0.25, -0.2) is 0 Å². The van der Waals surface area contributed by atoms with Crippen LogP contribution in [0.3, 0.4) is 0 Å². The van der Waals surface area contributed by atoms with Crippen molar-refractivity contribution in [1.82, 2.24) is 9.78 Å². The van der Waals surface area contributed by atoms with Crippen molar-refractivity contribution in [2.24, 2.45) is 12.8 Å². The number of anilines is 1. The molecule has 0 saturated carbocycles. The molecule has 5 heteroatoms. The Labute approximate surface area is 124 Å². The van der Waals surface area contributed by atoms with E-state index in [0.717, 1.165) is 11.1 Å². The fourth-order valence-electron chi connectivity index (χ4n) is 2.03. The number of carbonyl (C=O) groups excluding carboxylic acids is 1. The molecule has 5 nitrogen and oxygen atoms in total. The molecule has 0 aliphatic rings. The maximum absolute atomic E-state index is 12.3. The molecule has 2 rings (SSSR count). The Balaban J connectivity index is 2.32. The molecule has 1 heterocycles. The highest BCUT2D eigenvalue weighted by molar-refractivity contribution is 6.05. The fourth-order valence-corrected chi connectivity index (χ4v) is 2.03. The number of nitrogens with two attached hydrogens (primary N) is 1. The first-order chi connectivity index (χ1) is 10.0. The average Bonchev–Trinajstić information content (AvgIpc) is 2.77. The third kappa shape index (κ3) is 3.50. The maximum atomic E-state index is 12.3. The minimum absolute atomic E-state index is 0.193. The summed E-state index contributed by atoms with van der Waals surface area (Å²) in [6, 6.07) is 5.72. The largest absolute Gasteiger partial charge is 0.321 e. The minimum Gasteiger partial charge on any atom is -0.321 e. The lowest BCUT2D eigenvalue weighted by Gasteiger charge is -2.08. The Morgan fingerprint density at radius 3 is 2.81 bits per heavy atom. The maximum Gasteiger partial charge on any atom is 0.259 e. The first kappa shape index (κ1) is 14.8. The zero-order valence-corrected chi connectivity index (χ0v) is 12.4. The third-order valence-electron chi connectivity index (χ3n) is 3.01. The van der Waals surface area contributed by atoms with Crippen LogP contribution in [0.25, 0.3) is 0 Å². The molecule has 0 unspecified atom stereocenters. The molecular weight excluding hydrogens is 264 g/mol. The van der Waals surface area contributed by atoms with Gasteiger partial charge in [0.1, 0.15) is 0 Å². The highest BCUT2D eigenvalue weighted by atomic mass is 16.1. The SMILES string of the molecule is Cc1ccc(C#CCN)c(NC(=O)c2cn(C)nc2C)c1. The van der Waals surface area contributed by atoms with Crippen molar-refractivity contribution in [1.29, 1.82) is 0 Å². The molecule has 1 aromatic carbocycles. The Hall–Kier alpha value is -2.58. The van der Waals surface area contributed by atoms with Crippen LogP contribution in [-0.4, -0.2) is 22.2 Å². The van der Waals surface area contributed by atoms with Crippen LogP contribution in [-0.2, 0) is 7.05 Å². The number of benzene rings is 1. The molecule has 0 saturated heterocycles. The zero-order chi connectivity index (χ0) is 15.4. The highest BCUT2D eigenvalue weighted by Gasteiger charge is 2.14. The molecule has 0 fully saturated rings. The van der Waals surface area contributed by atoms with Gasteiger partial charge in [0, 0.05) is 18.8 Å². The summed E-state index contributed by atoms with van der Waals surface area (Å²) in [5.74, 6) is 5.58. The van der Waals surface area contributed by atoms with Crippen LogP contribution >= 0.6 is 0 Å². The predicted octanol–water partition coefficient (Wildman–Crippen LogP) is 1.60. The molecule has 1 aromatic heterocycles. The second kappa shape index (κ2) is 6.25. The molecular formula is C16H18N4O. The van der Waals surface area contributed by atoms with Crippen LogP contribution in [0.2, 0.25) is 0 Å². The van der Waals surface area contributed by atoms with E-state index in [1.807, 2.05) is 25.1 Å². The summed E-state index contributed by atoms with van der Waals surface area (Å²) in [4.78, 5) is 12.3. The van der Waals surface area contributed by atoms with Gasteiger partial charge in [0.2, 0.25) is 0 Å². The summed E-state index contributed by atoms with van der Waals surface area (Å²) in [6.45, 7) is 4.05. The lowest BCUT2D eigenvalue weighted by Crippen LogP contribution is -2.13. The van der Waals surface area contributed by atoms with Crippen LogP contribution in [0.15, 0.2) is 24.4 Å². The number of rotatable bonds is 2. The summed E-state index contributed by atoms with van der Waals surface area (Å²) >= 11 is 0. The monoisotopic (exact) mass is 282 g/mol. The summed E-state index contributed by atoms with van der Waals surface area (Å²) in [6.07, 6.45) is 1.70. The van der Waals surface area contributed by atoms with Crippen LogP contribution in [0.4, 0.5) is 5.69 Å². The van der Waals surface area contributed by atoms with Crippen molar-refractivity contribution < 1.29 is 4.79 Å². The molecule has 0 atom stereocenters. The van der Waals surface area contributed by atoms with E-state index in [2.05, 4.69) is 22.3 Å². The van der Waals surface area contributed by atoms with E-state index in [0.29, 0.717) is 16.9 Å². The molecule has 2 aromatic rings. The van der Waals surface area contributed by atoms with Crippen molar-refractivity contribution in [3.05, 3.63) is 46.8 Å². The van der Waals surface area contributed by atoms with Crippen LogP contribution < -0.4 is 11.1 Å². The van der Waals surface area contributed by atoms with Gasteiger partial charge in [-0.15, -0.1) is 0 Å². The standard InChI is InChI=1S/C16H18N4O/c1-11-6-7-13(5-4-8-17)15(9-11)18-16(21)14-10-20(3)19-12(14)2/h6-7,9-10H,8,17H2,1-3H3,(H,18,21). The fraction of sp³-hybridized carbons (Fsp3) is 0.250. The van der Waals surface area contributed by atoms with E-state index < -0.39 is 0 Å². The number of aryl methyl sites for hydroxylation is 3. The predicted molar refractivity (Wildman–Crippen MR) is 83.0 cm³/mol. The van der Waals surface area contributed by atoms with Crippen molar-refractivity contribution in [2.45, 2.75) is 13.8 Å². The topological polar surface area (TPSA) is 72.9 Å². The second-order valence-electron chi connectivity index (χ2n) is 4.81. The van der Waals surface area contributed by atoms with Gasteiger partial charge in [-0.2, -0.15) is 5.10 Å². The van der Waals surface area contributed by atoms with E-state index in [4.69, 9.17) is 5.73 Å². The van der Waals surface area contributed by atoms with E-state index >= 15 is 0 Å². The Morgan fingerprint density at radius 1 is 1.43 bits per heavy atom. The smallest absolute Gasteiger partial charge is 0.259 e. The third-order valence-corrected chi connectivity index (χ3v) is 3.01. The molecule has 0 bridgehead atoms. The molecule has 0 radical (unpaired) electrons. The molecule has 3 N–H and O–H groups in total. The van der Waals surface area contributed by atoms with Crippen molar-refractivity contribution in [2.75, 3.05) is 11.9 Å². The quantitative estimate of drug-likeness (QED) is 0.822. The second-order valence-corrected chi connectivity index (χ2v) is 4.81. The number of hydrogen-bond acceptors (Lipinski definition) is 3. The zero-order valence-electron chi connectivity index (χ0n) is 12.4. The summed E-state index contributed by atoms with van der Waals surface area (Å²) in [5, 5.41) is 7.07. The van der Waals surface area contributed by atoms with Gasteiger partial charge >= 0.3 is 0 Å². The molecule has 1 amide bonds. The number of nitrogens with zero attached hydrogens (tertiary/aromatic N) is 2. The minimum atomic E-state index is -0.193. The molecule has 21 heavy (non-hydrogen) atoms. The first-order valence-electron chi connectivity index (χ1n) is 6.62. The van der Waals surface area contributed by atoms with Crippen molar-refractivity contribution in [3.63, 3.8) is 0 Å². The van der Waals surface area contributed by atoms with Crippen molar-refractivity contribution in [3.8, 4) is 11.8 Å². The molecule has 108 valence electrons. The number of carbonyl (C=O) groups is 1. The lowest BCUT2D eigenvalue weighted by atomic mass is 10.1. The average molecular weight is 282 g/mol. The van der Waals surface area contributed by atoms with Gasteiger partial charge in [0.15, 0.2) is 0 Å². The van der Waals surface area contributed by atoms with Gasteiger partial charge in [0.05, 0.1) is 23.5 Å². The van der Waals surface area contributed by atoms with E-state index in [1.165, 1.54) is 0 Å². The van der Waals surface area contributed by atoms with E-state index in [9.17, 15) is 4.79 Å². The summed E-state index contributed by atoms with van der Waals surface area (Å²) < 4.78 is 1.62. The Kier molecular flexibility index (Phi) is 4.41. The van der Waals surface area contributed by atoms with Crippen LogP contribution in [0, 0.1) is 25.7 Å². The normalized spacial score (nSPS) is 9.90. The summed E-state index contributed by atoms with van der Waals surface area (Å²) in [7, 11) is 1.79. The lowest BCUT2D eigenvalue weighted by molar-refractivity contribution is 0.102. The van der Waals surface area contributed by atoms with Crippen LogP contribution in [0.1, 0.15) is 27.2 Å². The van der Waals surface area contributed by atoms with Crippen LogP contribution in [0.5, 0.6) is 0 Å². The number of hydrogen-bond donors (Lipinski definition) is 2. The Bertz CT molecular complexity index is 734. The van der Waals surface area contributed by atoms with Crippen molar-refractivity contribution >= 4 is 11.6 Å². The van der Waals surface area contributed by atoms with Gasteiger partial charge in [-0.3, -0.25) is 9.48 Å². The van der Waals surface area contributed by atoms with E-state index in [-0.39, 0.29) is 12.5 Å². The number of nitrogens with one attached hydrogen (secondary N) is 1. The van der Waals surface area contributed by atoms with Gasteiger partial charge in [0.25, 0.3) is 5.91 Å². The van der Waals surface area contributed by atoms with Gasteiger partial charge < -0.3 is 11.1 Å². The van der Waals surface area contributed by atoms with E-state index in [1.54, 1.807) is 24.9 Å². The number of aromatic nitrogens is 2. The Morgan fingerprint density at radius 2 is 2.19 bits per heavy atom. The first-order valence-corrected chi connectivity index (χ1v) is 6.62. The van der Waals surface area contributed by atoms with Gasteiger partial charge in [-0.05, 0) is 31.5 Å². The van der Waals surface area contributed by atoms with Gasteiger partial charge in [-0.1, -0.05) is 17.9 Å². The highest BCUT2D eigenvalue weighted by Crippen LogP contribution is 2.18.